The van der Waals surface area contributed by atoms with Crippen LogP contribution >= 0.6 is 0 Å². The van der Waals surface area contributed by atoms with Crippen LogP contribution in [-0.4, -0.2) is 0 Å². The van der Waals surface area contributed by atoms with Crippen molar-refractivity contribution < 1.29 is 27.7 Å². The first kappa shape index (κ1) is 14.9. The van der Waals surface area contributed by atoms with Gasteiger partial charge in [0.2, 0.25) is 0 Å². The van der Waals surface area contributed by atoms with Gasteiger partial charge in [-0.1, -0.05) is 163 Å². The van der Waals surface area contributed by atoms with E-state index in [0.717, 1.165) is 0 Å². The fourth-order valence-electron chi connectivity index (χ4n) is 6.05. The van der Waals surface area contributed by atoms with Crippen LogP contribution < -0.4 is 0 Å². The molecule has 47 heavy (non-hydrogen) atoms. The van der Waals surface area contributed by atoms with Crippen LogP contribution in [0.5, 0.6) is 0 Å². The maximum Gasteiger partial charge on any atom is 0.143 e. The number of hydrogen-bond acceptors (Lipinski definition) is 1. The Morgan fingerprint density at radius 1 is 0.362 bits per heavy atom. The summed E-state index contributed by atoms with van der Waals surface area (Å²) in [5.41, 5.74) is 0.0291. The Hall–Kier alpha value is -6.18. The summed E-state index contributed by atoms with van der Waals surface area (Å²) in [6.07, 6.45) is 0. The van der Waals surface area contributed by atoms with Crippen LogP contribution in [-0.2, 0) is 0 Å². The topological polar surface area (TPSA) is 13.1 Å². The first-order valence-corrected chi connectivity index (χ1v) is 14.7. The van der Waals surface area contributed by atoms with Gasteiger partial charge >= 0.3 is 0 Å². The summed E-state index contributed by atoms with van der Waals surface area (Å²) >= 11 is 0. The number of hydrogen-bond donors (Lipinski definition) is 0. The SMILES string of the molecule is [2H]c1c([2H])c([2H])c(-c2ccc3c(-c4c5c([2H])c([2H])c([2H])c([2H])c5c(-c5ccccc5)c5c([2H])c([2H])c([2H])c([2H])c45)c(-c4c([2H])c([2H])c([2H])c(-c5ccccc5)c4[2H])oc3c2)c([2H])c1[2H]. The van der Waals surface area contributed by atoms with Crippen LogP contribution in [0.2, 0.25) is 0 Å². The molecule has 0 atom stereocenters. The van der Waals surface area contributed by atoms with Crippen LogP contribution in [0.15, 0.2) is 186 Å². The molecule has 1 heterocycles. The molecular weight excluding hydrogens is 569 g/mol. The lowest BCUT2D eigenvalue weighted by Crippen LogP contribution is -1.91. The van der Waals surface area contributed by atoms with Crippen molar-refractivity contribution in [2.75, 3.05) is 0 Å². The van der Waals surface area contributed by atoms with E-state index in [1.807, 2.05) is 0 Å². The first-order chi connectivity index (χ1) is 30.4. The molecule has 0 aliphatic heterocycles. The maximum absolute atomic E-state index is 9.65. The lowest BCUT2D eigenvalue weighted by molar-refractivity contribution is 0.632. The molecular formula is C46H30O. The summed E-state index contributed by atoms with van der Waals surface area (Å²) in [6.45, 7) is 0. The number of benzene rings is 8. The van der Waals surface area contributed by atoms with E-state index in [9.17, 15) is 8.22 Å². The number of fused-ring (bicyclic) bond motifs is 3. The van der Waals surface area contributed by atoms with Crippen molar-refractivity contribution in [3.63, 3.8) is 0 Å². The predicted molar refractivity (Wildman–Crippen MR) is 198 cm³/mol. The molecule has 0 saturated carbocycles. The van der Waals surface area contributed by atoms with Gasteiger partial charge in [-0.2, -0.15) is 0 Å². The summed E-state index contributed by atoms with van der Waals surface area (Å²) < 4.78 is 159. The summed E-state index contributed by atoms with van der Waals surface area (Å²) in [5, 5.41) is -0.477. The fraction of sp³-hybridized carbons (Fsp3) is 0. The summed E-state index contributed by atoms with van der Waals surface area (Å²) in [7, 11) is 0. The van der Waals surface area contributed by atoms with Gasteiger partial charge < -0.3 is 4.42 Å². The third-order valence-corrected chi connectivity index (χ3v) is 8.08. The molecule has 0 saturated heterocycles. The van der Waals surface area contributed by atoms with Gasteiger partial charge in [0.05, 0.1) is 23.3 Å². The molecule has 0 N–H and O–H groups in total. The van der Waals surface area contributed by atoms with Gasteiger partial charge in [0.1, 0.15) is 11.3 Å². The van der Waals surface area contributed by atoms with Crippen molar-refractivity contribution in [2.24, 2.45) is 0 Å². The Morgan fingerprint density at radius 3 is 1.57 bits per heavy atom. The molecule has 220 valence electrons. The quantitative estimate of drug-likeness (QED) is 0.176. The van der Waals surface area contributed by atoms with Gasteiger partial charge in [0.15, 0.2) is 0 Å². The van der Waals surface area contributed by atoms with Gasteiger partial charge in [-0.15, -0.1) is 0 Å². The highest BCUT2D eigenvalue weighted by atomic mass is 16.3. The van der Waals surface area contributed by atoms with Gasteiger partial charge in [0, 0.05) is 22.1 Å². The van der Waals surface area contributed by atoms with Crippen molar-refractivity contribution in [2.45, 2.75) is 0 Å². The lowest BCUT2D eigenvalue weighted by Gasteiger charge is -2.18. The molecule has 0 amide bonds. The lowest BCUT2D eigenvalue weighted by atomic mass is 9.84. The van der Waals surface area contributed by atoms with Crippen LogP contribution in [0, 0.1) is 0 Å². The second-order valence-corrected chi connectivity index (χ2v) is 10.7. The molecule has 8 aromatic carbocycles. The zero-order valence-electron chi connectivity index (χ0n) is 41.4. The van der Waals surface area contributed by atoms with Gasteiger partial charge in [0.25, 0.3) is 0 Å². The second-order valence-electron chi connectivity index (χ2n) is 10.7. The molecule has 0 spiro atoms. The molecule has 1 heteroatoms. The Labute approximate surface area is 297 Å². The monoisotopic (exact) mass is 615 g/mol. The molecule has 0 aliphatic carbocycles. The highest BCUT2D eigenvalue weighted by Gasteiger charge is 2.24. The van der Waals surface area contributed by atoms with Crippen molar-refractivity contribution >= 4 is 32.5 Å². The van der Waals surface area contributed by atoms with Gasteiger partial charge in [-0.3, -0.25) is 0 Å². The minimum absolute atomic E-state index is 0.0409. The third kappa shape index (κ3) is 4.64. The molecule has 0 unspecified atom stereocenters. The molecule has 0 radical (unpaired) electrons. The average Bonchev–Trinajstić information content (AvgIpc) is 3.66. The van der Waals surface area contributed by atoms with E-state index in [0.29, 0.717) is 11.1 Å². The maximum atomic E-state index is 9.65. The highest BCUT2D eigenvalue weighted by molar-refractivity contribution is 6.25. The first-order valence-electron chi connectivity index (χ1n) is 23.2. The van der Waals surface area contributed by atoms with E-state index in [4.69, 9.17) is 19.5 Å². The van der Waals surface area contributed by atoms with E-state index >= 15 is 0 Å². The second kappa shape index (κ2) is 11.3. The summed E-state index contributed by atoms with van der Waals surface area (Å²) in [4.78, 5) is 0. The van der Waals surface area contributed by atoms with E-state index in [1.54, 1.807) is 60.7 Å². The van der Waals surface area contributed by atoms with Crippen molar-refractivity contribution in [3.8, 4) is 55.8 Å². The predicted octanol–water partition coefficient (Wildman–Crippen LogP) is 13.1. The van der Waals surface area contributed by atoms with Gasteiger partial charge in [-0.05, 0) is 73.1 Å². The van der Waals surface area contributed by atoms with E-state index in [-0.39, 0.29) is 77.2 Å². The van der Waals surface area contributed by atoms with E-state index in [1.165, 1.54) is 18.2 Å². The van der Waals surface area contributed by atoms with Crippen molar-refractivity contribution in [3.05, 3.63) is 182 Å². The van der Waals surface area contributed by atoms with Crippen LogP contribution in [0.3, 0.4) is 0 Å². The van der Waals surface area contributed by atoms with Crippen LogP contribution in [0.4, 0.5) is 0 Å². The number of rotatable bonds is 5. The fourth-order valence-corrected chi connectivity index (χ4v) is 6.05. The molecule has 1 aromatic heterocycles. The number of furan rings is 1. The zero-order chi connectivity index (χ0) is 46.0. The Balaban J connectivity index is 1.58. The Kier molecular flexibility index (Phi) is 3.60. The average molecular weight is 616 g/mol. The highest BCUT2D eigenvalue weighted by Crippen LogP contribution is 2.50. The zero-order valence-corrected chi connectivity index (χ0v) is 24.4. The minimum Gasteiger partial charge on any atom is -0.455 e. The van der Waals surface area contributed by atoms with Crippen molar-refractivity contribution in [1.29, 1.82) is 0 Å². The molecule has 0 bridgehead atoms. The van der Waals surface area contributed by atoms with Crippen molar-refractivity contribution in [1.82, 2.24) is 0 Å². The molecule has 9 aromatic rings. The molecule has 9 rings (SSSR count). The third-order valence-electron chi connectivity index (χ3n) is 8.08. The summed E-state index contributed by atoms with van der Waals surface area (Å²) in [6, 6.07) is 11.2. The van der Waals surface area contributed by atoms with E-state index < -0.39 is 103 Å². The summed E-state index contributed by atoms with van der Waals surface area (Å²) in [5.74, 6) is -0.330. The molecule has 0 aliphatic rings. The standard InChI is InChI=1S/C46H30O/c1-4-15-31(16-5-1)34-21-14-22-36(29-34)46-45(41-28-27-35(30-42(41)47-46)32-17-6-2-7-18-32)44-39-25-12-10-23-37(39)43(33-19-8-3-9-20-33)38-24-11-13-26-40(38)44/h1-30H/i2D,6D,7D,10D,11D,12D,13D,14D,17D,18D,21D,22D,23D,24D,25D,26D,29D. The largest absolute Gasteiger partial charge is 0.455 e. The minimum atomic E-state index is -0.670. The van der Waals surface area contributed by atoms with E-state index in [2.05, 4.69) is 0 Å². The molecule has 1 nitrogen and oxygen atoms in total. The van der Waals surface area contributed by atoms with Crippen LogP contribution in [0.1, 0.15) is 23.3 Å². The molecule has 0 fully saturated rings. The van der Waals surface area contributed by atoms with Gasteiger partial charge in [-0.25, -0.2) is 0 Å². The smallest absolute Gasteiger partial charge is 0.143 e. The Morgan fingerprint density at radius 2 is 0.915 bits per heavy atom. The van der Waals surface area contributed by atoms with Crippen LogP contribution in [0.25, 0.3) is 88.3 Å². The Bertz CT molecular complexity index is 3400. The normalized spacial score (nSPS) is 16.5.